The fourth-order valence-corrected chi connectivity index (χ4v) is 3.20. The van der Waals surface area contributed by atoms with Crippen molar-refractivity contribution in [2.75, 3.05) is 0 Å². The summed E-state index contributed by atoms with van der Waals surface area (Å²) in [6, 6.07) is 16.8. The summed E-state index contributed by atoms with van der Waals surface area (Å²) in [5, 5.41) is 0. The van der Waals surface area contributed by atoms with Crippen molar-refractivity contribution in [3.05, 3.63) is 132 Å². The van der Waals surface area contributed by atoms with Crippen molar-refractivity contribution < 1.29 is 4.58 Å². The van der Waals surface area contributed by atoms with Gasteiger partial charge in [-0.1, -0.05) is 91.6 Å². The SMILES string of the molecule is C=C(C)/C(C)=C\C(=C)/C(C)=C/C.C=C(C)CC(=C)c1ccccc1C[N+](=C)c1ccc(C)cc1. The van der Waals surface area contributed by atoms with Crippen LogP contribution in [0.3, 0.4) is 0 Å². The maximum atomic E-state index is 4.22. The monoisotopic (exact) mass is 452 g/mol. The minimum atomic E-state index is 0.758. The Labute approximate surface area is 208 Å². The summed E-state index contributed by atoms with van der Waals surface area (Å²) in [7, 11) is 0. The van der Waals surface area contributed by atoms with Crippen LogP contribution in [0.1, 0.15) is 57.7 Å². The molecule has 0 N–H and O–H groups in total. The van der Waals surface area contributed by atoms with E-state index in [0.717, 1.165) is 40.9 Å². The van der Waals surface area contributed by atoms with Gasteiger partial charge in [0.15, 0.2) is 6.54 Å². The Morgan fingerprint density at radius 1 is 0.853 bits per heavy atom. The van der Waals surface area contributed by atoms with Crippen LogP contribution in [0.4, 0.5) is 5.69 Å². The number of benzene rings is 2. The lowest BCUT2D eigenvalue weighted by Crippen LogP contribution is -2.05. The van der Waals surface area contributed by atoms with Crippen molar-refractivity contribution in [3.8, 4) is 0 Å². The summed E-state index contributed by atoms with van der Waals surface area (Å²) < 4.78 is 2.02. The standard InChI is InChI=1S/C21H24N.C12H18/c1-16(2)14-18(4)21-9-7-6-8-19(21)15-22(5)20-12-10-17(3)11-13-20;1-7-10(4)12(6)8-11(5)9(2)3/h6-13H,1,4-5,14-15H2,2-3H3;7-8H,2,6H2,1,3-5H3/q+1;/b;10-7+,11-8-. The van der Waals surface area contributed by atoms with Crippen LogP contribution in [0.15, 0.2) is 115 Å². The van der Waals surface area contributed by atoms with Gasteiger partial charge in [-0.15, -0.1) is 0 Å². The molecule has 0 aliphatic rings. The molecule has 0 saturated heterocycles. The van der Waals surface area contributed by atoms with Crippen molar-refractivity contribution in [1.82, 2.24) is 0 Å². The maximum Gasteiger partial charge on any atom is 0.204 e. The highest BCUT2D eigenvalue weighted by molar-refractivity contribution is 5.68. The molecule has 0 amide bonds. The van der Waals surface area contributed by atoms with Crippen molar-refractivity contribution in [3.63, 3.8) is 0 Å². The van der Waals surface area contributed by atoms with Crippen LogP contribution in [0.5, 0.6) is 0 Å². The van der Waals surface area contributed by atoms with Gasteiger partial charge in [0.1, 0.15) is 6.72 Å². The van der Waals surface area contributed by atoms with E-state index < -0.39 is 0 Å². The van der Waals surface area contributed by atoms with Crippen LogP contribution in [-0.4, -0.2) is 11.3 Å². The Bertz CT molecular complexity index is 1120. The van der Waals surface area contributed by atoms with E-state index in [4.69, 9.17) is 0 Å². The minimum absolute atomic E-state index is 0.758. The van der Waals surface area contributed by atoms with Gasteiger partial charge in [0.25, 0.3) is 0 Å². The predicted octanol–water partition coefficient (Wildman–Crippen LogP) is 9.55. The summed E-state index contributed by atoms with van der Waals surface area (Å²) >= 11 is 0. The lowest BCUT2D eigenvalue weighted by molar-refractivity contribution is -0.448. The molecule has 2 aromatic carbocycles. The quantitative estimate of drug-likeness (QED) is 0.154. The van der Waals surface area contributed by atoms with Crippen molar-refractivity contribution >= 4 is 18.0 Å². The van der Waals surface area contributed by atoms with Gasteiger partial charge < -0.3 is 0 Å². The van der Waals surface area contributed by atoms with Gasteiger partial charge in [-0.05, 0) is 75.8 Å². The molecule has 34 heavy (non-hydrogen) atoms. The largest absolute Gasteiger partial charge is 0.204 e. The zero-order valence-electron chi connectivity index (χ0n) is 22.2. The lowest BCUT2D eigenvalue weighted by atomic mass is 9.96. The molecule has 0 atom stereocenters. The fourth-order valence-electron chi connectivity index (χ4n) is 3.20. The zero-order chi connectivity index (χ0) is 25.8. The summed E-state index contributed by atoms with van der Waals surface area (Å²) in [6.07, 6.45) is 4.96. The summed E-state index contributed by atoms with van der Waals surface area (Å²) in [5.74, 6) is 0. The van der Waals surface area contributed by atoms with E-state index >= 15 is 0 Å². The third kappa shape index (κ3) is 9.58. The smallest absolute Gasteiger partial charge is 0.201 e. The Balaban J connectivity index is 0.000000411. The summed E-state index contributed by atoms with van der Waals surface area (Å²) in [6.45, 7) is 33.2. The van der Waals surface area contributed by atoms with E-state index in [1.165, 1.54) is 27.8 Å². The van der Waals surface area contributed by atoms with Crippen LogP contribution in [-0.2, 0) is 6.54 Å². The van der Waals surface area contributed by atoms with Crippen molar-refractivity contribution in [2.45, 2.75) is 54.5 Å². The van der Waals surface area contributed by atoms with E-state index in [1.807, 2.05) is 25.3 Å². The highest BCUT2D eigenvalue weighted by Gasteiger charge is 2.12. The Hall–Kier alpha value is -3.45. The molecule has 2 aromatic rings. The molecule has 0 unspecified atom stereocenters. The summed E-state index contributed by atoms with van der Waals surface area (Å²) in [4.78, 5) is 0. The molecule has 0 aromatic heterocycles. The number of nitrogens with zero attached hydrogens (tertiary/aromatic N) is 1. The molecule has 1 heteroatoms. The predicted molar refractivity (Wildman–Crippen MR) is 154 cm³/mol. The van der Waals surface area contributed by atoms with Crippen LogP contribution in [0, 0.1) is 6.92 Å². The van der Waals surface area contributed by atoms with Gasteiger partial charge in [-0.2, -0.15) is 0 Å². The van der Waals surface area contributed by atoms with Crippen LogP contribution in [0.25, 0.3) is 5.57 Å². The third-order valence-electron chi connectivity index (χ3n) is 5.68. The van der Waals surface area contributed by atoms with Crippen LogP contribution >= 0.6 is 0 Å². The average molecular weight is 453 g/mol. The minimum Gasteiger partial charge on any atom is -0.201 e. The highest BCUT2D eigenvalue weighted by atomic mass is 15.0. The van der Waals surface area contributed by atoms with E-state index in [2.05, 4.69) is 114 Å². The molecule has 0 spiro atoms. The van der Waals surface area contributed by atoms with E-state index in [-0.39, 0.29) is 0 Å². The number of allylic oxidation sites excluding steroid dienone is 8. The first-order valence-electron chi connectivity index (χ1n) is 11.7. The molecular formula is C33H42N+. The van der Waals surface area contributed by atoms with Crippen molar-refractivity contribution in [1.29, 1.82) is 0 Å². The molecule has 0 aliphatic carbocycles. The Morgan fingerprint density at radius 2 is 1.44 bits per heavy atom. The molecule has 1 nitrogen and oxygen atoms in total. The van der Waals surface area contributed by atoms with Crippen LogP contribution < -0.4 is 0 Å². The molecule has 0 saturated carbocycles. The summed E-state index contributed by atoms with van der Waals surface area (Å²) in [5.41, 5.74) is 11.6. The number of hydrogen-bond acceptors (Lipinski definition) is 0. The molecule has 0 bridgehead atoms. The number of aryl methyl sites for hydroxylation is 1. The first-order valence-corrected chi connectivity index (χ1v) is 11.7. The molecule has 0 aliphatic heterocycles. The Morgan fingerprint density at radius 3 is 1.97 bits per heavy atom. The van der Waals surface area contributed by atoms with Gasteiger partial charge in [0, 0.05) is 17.7 Å². The molecule has 178 valence electrons. The second-order valence-electron chi connectivity index (χ2n) is 9.03. The van der Waals surface area contributed by atoms with Crippen molar-refractivity contribution in [2.24, 2.45) is 0 Å². The molecule has 2 rings (SSSR count). The normalized spacial score (nSPS) is 11.2. The zero-order valence-corrected chi connectivity index (χ0v) is 22.2. The van der Waals surface area contributed by atoms with E-state index in [0.29, 0.717) is 0 Å². The van der Waals surface area contributed by atoms with Gasteiger partial charge in [0.2, 0.25) is 5.69 Å². The first kappa shape index (κ1) is 28.6. The van der Waals surface area contributed by atoms with Gasteiger partial charge in [-0.25, -0.2) is 4.58 Å². The lowest BCUT2D eigenvalue weighted by Gasteiger charge is -2.11. The second kappa shape index (κ2) is 14.0. The maximum absolute atomic E-state index is 4.22. The highest BCUT2D eigenvalue weighted by Crippen LogP contribution is 2.25. The van der Waals surface area contributed by atoms with Gasteiger partial charge in [0.05, 0.1) is 0 Å². The van der Waals surface area contributed by atoms with E-state index in [1.54, 1.807) is 0 Å². The first-order chi connectivity index (χ1) is 16.0. The van der Waals surface area contributed by atoms with Crippen LogP contribution in [0.2, 0.25) is 0 Å². The molecule has 0 fully saturated rings. The topological polar surface area (TPSA) is 3.01 Å². The number of hydrogen-bond donors (Lipinski definition) is 0. The van der Waals surface area contributed by atoms with Gasteiger partial charge >= 0.3 is 0 Å². The average Bonchev–Trinajstić information content (AvgIpc) is 2.79. The molecular weight excluding hydrogens is 410 g/mol. The number of rotatable bonds is 9. The fraction of sp³-hybridized carbons (Fsp3) is 0.242. The third-order valence-corrected chi connectivity index (χ3v) is 5.68. The van der Waals surface area contributed by atoms with E-state index in [9.17, 15) is 0 Å². The van der Waals surface area contributed by atoms with Gasteiger partial charge in [-0.3, -0.25) is 0 Å². The molecule has 0 radical (unpaired) electrons. The Kier molecular flexibility index (Phi) is 11.7. The molecule has 0 heterocycles. The second-order valence-corrected chi connectivity index (χ2v) is 9.03.